The first kappa shape index (κ1) is 12.7. The lowest BCUT2D eigenvalue weighted by atomic mass is 9.82. The highest BCUT2D eigenvalue weighted by atomic mass is 16.5. The van der Waals surface area contributed by atoms with E-state index in [0.717, 1.165) is 37.0 Å². The predicted octanol–water partition coefficient (Wildman–Crippen LogP) is 3.43. The summed E-state index contributed by atoms with van der Waals surface area (Å²) in [5.41, 5.74) is 0.611. The Hall–Kier alpha value is -1.35. The van der Waals surface area contributed by atoms with Crippen molar-refractivity contribution in [1.29, 1.82) is 0 Å². The quantitative estimate of drug-likeness (QED) is 0.817. The summed E-state index contributed by atoms with van der Waals surface area (Å²) < 4.78 is 11.3. The van der Waals surface area contributed by atoms with Crippen molar-refractivity contribution >= 4 is 5.78 Å². The fourth-order valence-corrected chi connectivity index (χ4v) is 3.26. The van der Waals surface area contributed by atoms with Gasteiger partial charge in [-0.05, 0) is 30.5 Å². The van der Waals surface area contributed by atoms with Crippen LogP contribution in [0.3, 0.4) is 0 Å². The van der Waals surface area contributed by atoms with Crippen LogP contribution in [0, 0.1) is 0 Å². The van der Waals surface area contributed by atoms with Crippen LogP contribution in [-0.2, 0) is 9.53 Å². The van der Waals surface area contributed by atoms with Crippen LogP contribution >= 0.6 is 0 Å². The Bertz CT molecular complexity index is 457. The molecule has 1 saturated carbocycles. The Balaban J connectivity index is 1.78. The molecule has 0 aromatic heterocycles. The van der Waals surface area contributed by atoms with E-state index in [-0.39, 0.29) is 6.10 Å². The second-order valence-electron chi connectivity index (χ2n) is 5.56. The maximum absolute atomic E-state index is 12.3. The fraction of sp³-hybridized carbons (Fsp3) is 0.562. The number of Topliss-reactive ketones (excluding diaryl/α,β-unsaturated/α-hetero) is 1. The highest BCUT2D eigenvalue weighted by molar-refractivity contribution is 5.89. The maximum Gasteiger partial charge on any atom is 0.167 e. The largest absolute Gasteiger partial charge is 0.497 e. The van der Waals surface area contributed by atoms with Gasteiger partial charge in [-0.3, -0.25) is 4.79 Å². The highest BCUT2D eigenvalue weighted by Crippen LogP contribution is 2.44. The zero-order valence-electron chi connectivity index (χ0n) is 11.4. The van der Waals surface area contributed by atoms with Gasteiger partial charge in [0.15, 0.2) is 5.78 Å². The van der Waals surface area contributed by atoms with Gasteiger partial charge in [-0.15, -0.1) is 0 Å². The molecule has 0 radical (unpaired) electrons. The maximum atomic E-state index is 12.3. The first-order chi connectivity index (χ1) is 9.23. The summed E-state index contributed by atoms with van der Waals surface area (Å²) in [7, 11) is 1.65. The van der Waals surface area contributed by atoms with E-state index >= 15 is 0 Å². The summed E-state index contributed by atoms with van der Waals surface area (Å²) in [5, 5.41) is 0. The monoisotopic (exact) mass is 260 g/mol. The molecule has 0 amide bonds. The molecule has 1 unspecified atom stereocenters. The Morgan fingerprint density at radius 1 is 1.16 bits per heavy atom. The van der Waals surface area contributed by atoms with Gasteiger partial charge in [0, 0.05) is 6.42 Å². The van der Waals surface area contributed by atoms with Crippen LogP contribution in [0.5, 0.6) is 5.75 Å². The Morgan fingerprint density at radius 2 is 1.84 bits per heavy atom. The number of rotatable bonds is 2. The molecule has 2 fully saturated rings. The van der Waals surface area contributed by atoms with Gasteiger partial charge in [0.25, 0.3) is 0 Å². The molecule has 19 heavy (non-hydrogen) atoms. The SMILES string of the molecule is COc1ccc(C2CC(=O)C3(CCCCC3)O2)cc1. The van der Waals surface area contributed by atoms with Crippen molar-refractivity contribution in [3.05, 3.63) is 29.8 Å². The van der Waals surface area contributed by atoms with Crippen LogP contribution in [-0.4, -0.2) is 18.5 Å². The number of ketones is 1. The summed E-state index contributed by atoms with van der Waals surface area (Å²) >= 11 is 0. The van der Waals surface area contributed by atoms with Crippen molar-refractivity contribution in [1.82, 2.24) is 0 Å². The number of carbonyl (C=O) groups excluding carboxylic acids is 1. The summed E-state index contributed by atoms with van der Waals surface area (Å²) in [6.45, 7) is 0. The molecule has 2 aliphatic rings. The van der Waals surface area contributed by atoms with Crippen molar-refractivity contribution in [2.75, 3.05) is 7.11 Å². The van der Waals surface area contributed by atoms with E-state index in [9.17, 15) is 4.79 Å². The first-order valence-corrected chi connectivity index (χ1v) is 7.09. The third kappa shape index (κ3) is 2.27. The second kappa shape index (κ2) is 4.97. The van der Waals surface area contributed by atoms with Crippen LogP contribution in [0.1, 0.15) is 50.2 Å². The molecule has 102 valence electrons. The van der Waals surface area contributed by atoms with Crippen LogP contribution < -0.4 is 4.74 Å². The van der Waals surface area contributed by atoms with Gasteiger partial charge in [-0.25, -0.2) is 0 Å². The van der Waals surface area contributed by atoms with Gasteiger partial charge < -0.3 is 9.47 Å². The summed E-state index contributed by atoms with van der Waals surface area (Å²) in [5.74, 6) is 1.13. The normalized spacial score (nSPS) is 25.7. The molecule has 0 bridgehead atoms. The predicted molar refractivity (Wildman–Crippen MR) is 72.3 cm³/mol. The van der Waals surface area contributed by atoms with E-state index in [0.29, 0.717) is 12.2 Å². The number of hydrogen-bond acceptors (Lipinski definition) is 3. The topological polar surface area (TPSA) is 35.5 Å². The van der Waals surface area contributed by atoms with Gasteiger partial charge >= 0.3 is 0 Å². The average molecular weight is 260 g/mol. The molecule has 1 heterocycles. The van der Waals surface area contributed by atoms with Crippen molar-refractivity contribution in [3.8, 4) is 5.75 Å². The van der Waals surface area contributed by atoms with Crippen molar-refractivity contribution in [2.24, 2.45) is 0 Å². The number of methoxy groups -OCH3 is 1. The van der Waals surface area contributed by atoms with Crippen molar-refractivity contribution in [2.45, 2.75) is 50.2 Å². The lowest BCUT2D eigenvalue weighted by Crippen LogP contribution is -2.37. The fourth-order valence-electron chi connectivity index (χ4n) is 3.26. The van der Waals surface area contributed by atoms with Gasteiger partial charge in [-0.1, -0.05) is 31.4 Å². The average Bonchev–Trinajstić information content (AvgIpc) is 2.77. The van der Waals surface area contributed by atoms with Gasteiger partial charge in [0.1, 0.15) is 11.4 Å². The van der Waals surface area contributed by atoms with E-state index in [1.165, 1.54) is 6.42 Å². The Labute approximate surface area is 113 Å². The zero-order chi connectivity index (χ0) is 13.3. The number of ether oxygens (including phenoxy) is 2. The molecule has 3 nitrogen and oxygen atoms in total. The van der Waals surface area contributed by atoms with Crippen LogP contribution in [0.25, 0.3) is 0 Å². The molecular weight excluding hydrogens is 240 g/mol. The smallest absolute Gasteiger partial charge is 0.167 e. The summed E-state index contributed by atoms with van der Waals surface area (Å²) in [6.07, 6.45) is 5.70. The van der Waals surface area contributed by atoms with Gasteiger partial charge in [0.05, 0.1) is 13.2 Å². The van der Waals surface area contributed by atoms with Gasteiger partial charge in [0.2, 0.25) is 0 Å². The highest BCUT2D eigenvalue weighted by Gasteiger charge is 2.48. The van der Waals surface area contributed by atoms with Gasteiger partial charge in [-0.2, -0.15) is 0 Å². The lowest BCUT2D eigenvalue weighted by molar-refractivity contribution is -0.137. The minimum absolute atomic E-state index is 0.0727. The number of carbonyl (C=O) groups is 1. The van der Waals surface area contributed by atoms with Crippen LogP contribution in [0.15, 0.2) is 24.3 Å². The minimum atomic E-state index is -0.469. The molecule has 3 rings (SSSR count). The third-order valence-electron chi connectivity index (χ3n) is 4.40. The van der Waals surface area contributed by atoms with Crippen molar-refractivity contribution < 1.29 is 14.3 Å². The lowest BCUT2D eigenvalue weighted by Gasteiger charge is -2.31. The molecule has 1 aromatic rings. The first-order valence-electron chi connectivity index (χ1n) is 7.09. The molecule has 1 spiro atoms. The Morgan fingerprint density at radius 3 is 2.47 bits per heavy atom. The molecule has 1 aliphatic heterocycles. The van der Waals surface area contributed by atoms with E-state index in [4.69, 9.17) is 9.47 Å². The Kier molecular flexibility index (Phi) is 3.31. The number of benzene rings is 1. The summed E-state index contributed by atoms with van der Waals surface area (Å²) in [6, 6.07) is 7.85. The van der Waals surface area contributed by atoms with Crippen LogP contribution in [0.4, 0.5) is 0 Å². The van der Waals surface area contributed by atoms with Crippen LogP contribution in [0.2, 0.25) is 0 Å². The van der Waals surface area contributed by atoms with E-state index < -0.39 is 5.60 Å². The molecule has 1 atom stereocenters. The standard InChI is InChI=1S/C16H20O3/c1-18-13-7-5-12(6-8-13)14-11-15(17)16(19-14)9-3-2-4-10-16/h5-8,14H,2-4,9-11H2,1H3. The second-order valence-corrected chi connectivity index (χ2v) is 5.56. The van der Waals surface area contributed by atoms with E-state index in [1.54, 1.807) is 7.11 Å². The molecule has 3 heteroatoms. The zero-order valence-corrected chi connectivity index (χ0v) is 11.4. The third-order valence-corrected chi connectivity index (χ3v) is 4.40. The van der Waals surface area contributed by atoms with Crippen molar-refractivity contribution in [3.63, 3.8) is 0 Å². The molecule has 0 N–H and O–H groups in total. The van der Waals surface area contributed by atoms with E-state index in [1.807, 2.05) is 24.3 Å². The molecule has 1 aliphatic carbocycles. The number of hydrogen-bond donors (Lipinski definition) is 0. The molecular formula is C16H20O3. The van der Waals surface area contributed by atoms with E-state index in [2.05, 4.69) is 0 Å². The molecule has 1 saturated heterocycles. The molecule has 1 aromatic carbocycles. The minimum Gasteiger partial charge on any atom is -0.497 e. The summed E-state index contributed by atoms with van der Waals surface area (Å²) in [4.78, 5) is 12.3.